The molecule has 0 radical (unpaired) electrons. The Morgan fingerprint density at radius 3 is 2.64 bits per heavy atom. The van der Waals surface area contributed by atoms with Crippen LogP contribution in [0.2, 0.25) is 0 Å². The summed E-state index contributed by atoms with van der Waals surface area (Å²) in [6.45, 7) is 4.31. The van der Waals surface area contributed by atoms with Crippen molar-refractivity contribution >= 4 is 16.9 Å². The lowest BCUT2D eigenvalue weighted by Crippen LogP contribution is -2.23. The van der Waals surface area contributed by atoms with Crippen LogP contribution in [-0.4, -0.2) is 15.9 Å². The number of benzene rings is 1. The van der Waals surface area contributed by atoms with Gasteiger partial charge in [-0.2, -0.15) is 0 Å². The molecule has 5 nitrogen and oxygen atoms in total. The van der Waals surface area contributed by atoms with Crippen molar-refractivity contribution in [2.45, 2.75) is 26.8 Å². The molecule has 0 saturated heterocycles. The molecular formula is C17H17N3O2. The van der Waals surface area contributed by atoms with Gasteiger partial charge in [0.25, 0.3) is 5.91 Å². The van der Waals surface area contributed by atoms with Crippen molar-refractivity contribution in [3.05, 3.63) is 59.4 Å². The van der Waals surface area contributed by atoms with Gasteiger partial charge in [0.05, 0.1) is 12.1 Å². The number of fused-ring (bicyclic) bond motifs is 1. The van der Waals surface area contributed by atoms with E-state index in [1.165, 1.54) is 0 Å². The van der Waals surface area contributed by atoms with E-state index in [-0.39, 0.29) is 5.91 Å². The Morgan fingerprint density at radius 1 is 1.23 bits per heavy atom. The maximum atomic E-state index is 12.1. The van der Waals surface area contributed by atoms with E-state index in [1.807, 2.05) is 38.1 Å². The van der Waals surface area contributed by atoms with Gasteiger partial charge in [0.1, 0.15) is 17.2 Å². The average molecular weight is 295 g/mol. The van der Waals surface area contributed by atoms with Crippen LogP contribution in [0.25, 0.3) is 11.0 Å². The van der Waals surface area contributed by atoms with Gasteiger partial charge < -0.3 is 9.73 Å². The number of amides is 1. The van der Waals surface area contributed by atoms with Gasteiger partial charge in [-0.25, -0.2) is 9.97 Å². The smallest absolute Gasteiger partial charge is 0.254 e. The Hall–Kier alpha value is -2.69. The molecule has 1 N–H and O–H groups in total. The van der Waals surface area contributed by atoms with Crippen molar-refractivity contribution in [3.63, 3.8) is 0 Å². The van der Waals surface area contributed by atoms with E-state index in [9.17, 15) is 4.79 Å². The first-order valence-corrected chi connectivity index (χ1v) is 7.25. The van der Waals surface area contributed by atoms with Crippen molar-refractivity contribution in [2.24, 2.45) is 0 Å². The van der Waals surface area contributed by atoms with E-state index in [2.05, 4.69) is 15.3 Å². The summed E-state index contributed by atoms with van der Waals surface area (Å²) in [5.41, 5.74) is 2.33. The largest absolute Gasteiger partial charge is 0.459 e. The number of hydrogen-bond donors (Lipinski definition) is 1. The summed E-state index contributed by atoms with van der Waals surface area (Å²) < 4.78 is 5.78. The quantitative estimate of drug-likeness (QED) is 0.803. The molecule has 1 aromatic carbocycles. The monoisotopic (exact) mass is 295 g/mol. The highest BCUT2D eigenvalue weighted by atomic mass is 16.3. The van der Waals surface area contributed by atoms with Gasteiger partial charge in [-0.15, -0.1) is 0 Å². The van der Waals surface area contributed by atoms with Crippen molar-refractivity contribution in [1.82, 2.24) is 15.3 Å². The maximum Gasteiger partial charge on any atom is 0.254 e. The van der Waals surface area contributed by atoms with Crippen molar-refractivity contribution < 1.29 is 9.21 Å². The van der Waals surface area contributed by atoms with Gasteiger partial charge in [0.15, 0.2) is 0 Å². The second kappa shape index (κ2) is 5.97. The zero-order valence-corrected chi connectivity index (χ0v) is 12.6. The number of furan rings is 1. The standard InChI is InChI=1S/C17H17N3O2/c1-3-16-18-8-12(9-19-16)17(21)20-10-15-11(2)13-6-4-5-7-14(13)22-15/h4-9H,3,10H2,1-2H3,(H,20,21). The van der Waals surface area contributed by atoms with Crippen molar-refractivity contribution in [3.8, 4) is 0 Å². The molecule has 2 aromatic heterocycles. The molecule has 0 aliphatic rings. The van der Waals surface area contributed by atoms with E-state index in [4.69, 9.17) is 4.42 Å². The first kappa shape index (κ1) is 14.3. The first-order chi connectivity index (χ1) is 10.7. The van der Waals surface area contributed by atoms with Crippen LogP contribution in [-0.2, 0) is 13.0 Å². The van der Waals surface area contributed by atoms with Crippen LogP contribution in [0.15, 0.2) is 41.1 Å². The van der Waals surface area contributed by atoms with Crippen LogP contribution >= 0.6 is 0 Å². The molecule has 0 unspecified atom stereocenters. The Bertz CT molecular complexity index is 806. The van der Waals surface area contributed by atoms with Gasteiger partial charge in [-0.05, 0) is 13.0 Å². The predicted molar refractivity (Wildman–Crippen MR) is 83.5 cm³/mol. The minimum Gasteiger partial charge on any atom is -0.459 e. The third kappa shape index (κ3) is 2.70. The molecule has 0 atom stereocenters. The number of nitrogens with zero attached hydrogens (tertiary/aromatic N) is 2. The van der Waals surface area contributed by atoms with Crippen molar-refractivity contribution in [1.29, 1.82) is 0 Å². The zero-order valence-electron chi connectivity index (χ0n) is 12.6. The van der Waals surface area contributed by atoms with Crippen LogP contribution in [0.1, 0.15) is 34.4 Å². The molecule has 0 saturated carbocycles. The minimum atomic E-state index is -0.206. The van der Waals surface area contributed by atoms with Gasteiger partial charge in [-0.1, -0.05) is 25.1 Å². The normalized spacial score (nSPS) is 10.8. The molecule has 0 bridgehead atoms. The van der Waals surface area contributed by atoms with Crippen molar-refractivity contribution in [2.75, 3.05) is 0 Å². The molecule has 0 aliphatic heterocycles. The first-order valence-electron chi connectivity index (χ1n) is 7.25. The van der Waals surface area contributed by atoms with Crippen LogP contribution in [0.5, 0.6) is 0 Å². The van der Waals surface area contributed by atoms with Gasteiger partial charge >= 0.3 is 0 Å². The van der Waals surface area contributed by atoms with Crippen LogP contribution in [0.3, 0.4) is 0 Å². The third-order valence-corrected chi connectivity index (χ3v) is 3.64. The Morgan fingerprint density at radius 2 is 1.95 bits per heavy atom. The lowest BCUT2D eigenvalue weighted by Gasteiger charge is -2.04. The fourth-order valence-corrected chi connectivity index (χ4v) is 2.31. The molecule has 1 amide bonds. The number of carbonyl (C=O) groups is 1. The van der Waals surface area contributed by atoms with Crippen LogP contribution in [0.4, 0.5) is 0 Å². The highest BCUT2D eigenvalue weighted by Gasteiger charge is 2.12. The average Bonchev–Trinajstić information content (AvgIpc) is 2.89. The molecular weight excluding hydrogens is 278 g/mol. The fraction of sp³-hybridized carbons (Fsp3) is 0.235. The maximum absolute atomic E-state index is 12.1. The molecule has 2 heterocycles. The molecule has 22 heavy (non-hydrogen) atoms. The van der Waals surface area contributed by atoms with E-state index >= 15 is 0 Å². The fourth-order valence-electron chi connectivity index (χ4n) is 2.31. The predicted octanol–water partition coefficient (Wildman–Crippen LogP) is 3.02. The SMILES string of the molecule is CCc1ncc(C(=O)NCc2oc3ccccc3c2C)cn1. The summed E-state index contributed by atoms with van der Waals surface area (Å²) in [4.78, 5) is 20.4. The lowest BCUT2D eigenvalue weighted by atomic mass is 10.1. The van der Waals surface area contributed by atoms with E-state index < -0.39 is 0 Å². The highest BCUT2D eigenvalue weighted by Crippen LogP contribution is 2.24. The second-order valence-electron chi connectivity index (χ2n) is 5.07. The van der Waals surface area contributed by atoms with Crippen LogP contribution < -0.4 is 5.32 Å². The summed E-state index contributed by atoms with van der Waals surface area (Å²) in [6.07, 6.45) is 3.85. The third-order valence-electron chi connectivity index (χ3n) is 3.64. The number of hydrogen-bond acceptors (Lipinski definition) is 4. The number of aryl methyl sites for hydroxylation is 2. The van der Waals surface area contributed by atoms with Crippen LogP contribution in [0, 0.1) is 6.92 Å². The van der Waals surface area contributed by atoms with Gasteiger partial charge in [-0.3, -0.25) is 4.79 Å². The summed E-state index contributed by atoms with van der Waals surface area (Å²) in [6, 6.07) is 7.84. The Balaban J connectivity index is 1.72. The number of aromatic nitrogens is 2. The summed E-state index contributed by atoms with van der Waals surface area (Å²) in [5, 5.41) is 3.91. The van der Waals surface area contributed by atoms with E-state index in [0.717, 1.165) is 34.5 Å². The van der Waals surface area contributed by atoms with E-state index in [0.29, 0.717) is 12.1 Å². The Labute approximate surface area is 128 Å². The molecule has 0 spiro atoms. The summed E-state index contributed by atoms with van der Waals surface area (Å²) in [5.74, 6) is 1.29. The summed E-state index contributed by atoms with van der Waals surface area (Å²) in [7, 11) is 0. The topological polar surface area (TPSA) is 68.0 Å². The van der Waals surface area contributed by atoms with E-state index in [1.54, 1.807) is 12.4 Å². The van der Waals surface area contributed by atoms with Gasteiger partial charge in [0.2, 0.25) is 0 Å². The lowest BCUT2D eigenvalue weighted by molar-refractivity contribution is 0.0947. The minimum absolute atomic E-state index is 0.206. The number of nitrogens with one attached hydrogen (secondary N) is 1. The molecule has 0 aliphatic carbocycles. The molecule has 0 fully saturated rings. The number of carbonyl (C=O) groups excluding carboxylic acids is 1. The summed E-state index contributed by atoms with van der Waals surface area (Å²) >= 11 is 0. The number of rotatable bonds is 4. The van der Waals surface area contributed by atoms with Gasteiger partial charge in [0, 0.05) is 29.8 Å². The second-order valence-corrected chi connectivity index (χ2v) is 5.07. The molecule has 3 rings (SSSR count). The molecule has 112 valence electrons. The highest BCUT2D eigenvalue weighted by molar-refractivity contribution is 5.93. The zero-order chi connectivity index (χ0) is 15.5. The molecule has 5 heteroatoms. The molecule has 3 aromatic rings. The number of para-hydroxylation sites is 1. The Kier molecular flexibility index (Phi) is 3.87.